The van der Waals surface area contributed by atoms with Crippen LogP contribution < -0.4 is 9.47 Å². The van der Waals surface area contributed by atoms with Gasteiger partial charge in [0.05, 0.1) is 0 Å². The van der Waals surface area contributed by atoms with E-state index in [0.29, 0.717) is 11.5 Å². The van der Waals surface area contributed by atoms with Crippen LogP contribution in [-0.4, -0.2) is 6.16 Å². The molecule has 0 unspecified atom stereocenters. The third-order valence-electron chi connectivity index (χ3n) is 6.16. The normalized spacial score (nSPS) is 10.9. The lowest BCUT2D eigenvalue weighted by molar-refractivity contribution is 0.151. The van der Waals surface area contributed by atoms with E-state index in [1.807, 2.05) is 24.3 Å². The van der Waals surface area contributed by atoms with Crippen molar-refractivity contribution in [3.05, 3.63) is 58.7 Å². The third-order valence-corrected chi connectivity index (χ3v) is 6.16. The summed E-state index contributed by atoms with van der Waals surface area (Å²) in [4.78, 5) is 12.7. The van der Waals surface area contributed by atoms with Crippen LogP contribution in [0, 0.1) is 0 Å². The third kappa shape index (κ3) is 8.00. The second kappa shape index (κ2) is 14.7. The number of carbonyl (C=O) groups is 1. The van der Waals surface area contributed by atoms with Gasteiger partial charge in [0.1, 0.15) is 11.5 Å². The number of hydrogen-bond acceptors (Lipinski definition) is 3. The summed E-state index contributed by atoms with van der Waals surface area (Å²) in [7, 11) is 0. The molecule has 176 valence electrons. The number of ether oxygens (including phenoxy) is 2. The fourth-order valence-corrected chi connectivity index (χ4v) is 4.34. The highest BCUT2D eigenvalue weighted by Gasteiger charge is 2.17. The fourth-order valence-electron chi connectivity index (χ4n) is 4.34. The summed E-state index contributed by atoms with van der Waals surface area (Å²) in [5, 5.41) is 0. The summed E-state index contributed by atoms with van der Waals surface area (Å²) >= 11 is 0. The lowest BCUT2D eigenvalue weighted by Gasteiger charge is -2.16. The van der Waals surface area contributed by atoms with Gasteiger partial charge in [-0.05, 0) is 72.9 Å². The maximum atomic E-state index is 12.7. The molecule has 0 amide bonds. The fraction of sp³-hybridized carbons (Fsp3) is 0.552. The van der Waals surface area contributed by atoms with Gasteiger partial charge in [-0.3, -0.25) is 0 Å². The second-order valence-electron chi connectivity index (χ2n) is 8.57. The number of unbranched alkanes of at least 4 members (excludes halogenated alkanes) is 6. The molecular weight excluding hydrogens is 396 g/mol. The molecule has 3 heteroatoms. The zero-order valence-electron chi connectivity index (χ0n) is 20.7. The topological polar surface area (TPSA) is 35.5 Å². The maximum Gasteiger partial charge on any atom is 0.519 e. The number of hydrogen-bond donors (Lipinski definition) is 0. The van der Waals surface area contributed by atoms with Crippen molar-refractivity contribution in [3.63, 3.8) is 0 Å². The van der Waals surface area contributed by atoms with Gasteiger partial charge in [-0.15, -0.1) is 0 Å². The first-order chi connectivity index (χ1) is 15.6. The largest absolute Gasteiger partial charge is 0.519 e. The Morgan fingerprint density at radius 2 is 1.19 bits per heavy atom. The zero-order valence-corrected chi connectivity index (χ0v) is 20.7. The number of benzene rings is 2. The van der Waals surface area contributed by atoms with E-state index < -0.39 is 6.16 Å². The molecule has 0 atom stereocenters. The van der Waals surface area contributed by atoms with Crippen molar-refractivity contribution in [3.8, 4) is 11.5 Å². The van der Waals surface area contributed by atoms with Gasteiger partial charge in [-0.2, -0.15) is 0 Å². The summed E-state index contributed by atoms with van der Waals surface area (Å²) in [5.41, 5.74) is 4.78. The lowest BCUT2D eigenvalue weighted by Crippen LogP contribution is -2.16. The Bertz CT molecular complexity index is 825. The predicted molar refractivity (Wildman–Crippen MR) is 134 cm³/mol. The molecule has 0 bridgehead atoms. The van der Waals surface area contributed by atoms with E-state index in [9.17, 15) is 4.79 Å². The van der Waals surface area contributed by atoms with E-state index >= 15 is 0 Å². The van der Waals surface area contributed by atoms with E-state index in [4.69, 9.17) is 9.47 Å². The number of aryl methyl sites for hydroxylation is 2. The Morgan fingerprint density at radius 3 is 1.75 bits per heavy atom. The zero-order chi connectivity index (χ0) is 23.2. The molecular formula is C29H42O3. The molecule has 0 fully saturated rings. The van der Waals surface area contributed by atoms with Gasteiger partial charge in [0.15, 0.2) is 0 Å². The molecule has 0 heterocycles. The summed E-state index contributed by atoms with van der Waals surface area (Å²) in [6.07, 6.45) is 12.8. The Hall–Kier alpha value is -2.29. The Kier molecular flexibility index (Phi) is 11.9. The molecule has 0 N–H and O–H groups in total. The molecule has 0 saturated carbocycles. The predicted octanol–water partition coefficient (Wildman–Crippen LogP) is 8.63. The van der Waals surface area contributed by atoms with E-state index in [2.05, 4.69) is 39.8 Å². The highest BCUT2D eigenvalue weighted by Crippen LogP contribution is 2.28. The summed E-state index contributed by atoms with van der Waals surface area (Å²) < 4.78 is 11.5. The Balaban J connectivity index is 2.16. The summed E-state index contributed by atoms with van der Waals surface area (Å²) in [6.45, 7) is 8.67. The minimum atomic E-state index is -0.647. The van der Waals surface area contributed by atoms with Gasteiger partial charge >= 0.3 is 6.16 Å². The average molecular weight is 439 g/mol. The Labute approximate surface area is 195 Å². The van der Waals surface area contributed by atoms with Crippen molar-refractivity contribution in [2.24, 2.45) is 0 Å². The molecule has 3 nitrogen and oxygen atoms in total. The molecule has 2 rings (SSSR count). The first-order valence-electron chi connectivity index (χ1n) is 12.8. The molecule has 2 aromatic carbocycles. The van der Waals surface area contributed by atoms with Crippen LogP contribution in [-0.2, 0) is 25.7 Å². The molecule has 0 aliphatic rings. The van der Waals surface area contributed by atoms with E-state index in [0.717, 1.165) is 37.7 Å². The van der Waals surface area contributed by atoms with Gasteiger partial charge in [0.2, 0.25) is 0 Å². The number of rotatable bonds is 14. The minimum Gasteiger partial charge on any atom is -0.394 e. The molecule has 0 aliphatic heterocycles. The van der Waals surface area contributed by atoms with Crippen LogP contribution in [0.2, 0.25) is 0 Å². The van der Waals surface area contributed by atoms with Crippen LogP contribution >= 0.6 is 0 Å². The van der Waals surface area contributed by atoms with Crippen molar-refractivity contribution in [2.75, 3.05) is 0 Å². The highest BCUT2D eigenvalue weighted by molar-refractivity contribution is 5.68. The minimum absolute atomic E-state index is 0.608. The van der Waals surface area contributed by atoms with Gasteiger partial charge in [0, 0.05) is 0 Å². The SMILES string of the molecule is CCCCCCc1cccc(OC(=O)Oc2cccc(CC)c2CC)c1CCCCCC. The highest BCUT2D eigenvalue weighted by atomic mass is 16.7. The van der Waals surface area contributed by atoms with Gasteiger partial charge in [-0.1, -0.05) is 90.5 Å². The molecule has 0 radical (unpaired) electrons. The molecule has 0 aliphatic carbocycles. The maximum absolute atomic E-state index is 12.7. The summed E-state index contributed by atoms with van der Waals surface area (Å²) in [5.74, 6) is 1.27. The van der Waals surface area contributed by atoms with Gasteiger partial charge < -0.3 is 9.47 Å². The van der Waals surface area contributed by atoms with Gasteiger partial charge in [0.25, 0.3) is 0 Å². The molecule has 0 saturated heterocycles. The van der Waals surface area contributed by atoms with Crippen LogP contribution in [0.15, 0.2) is 36.4 Å². The van der Waals surface area contributed by atoms with Crippen molar-refractivity contribution in [1.29, 1.82) is 0 Å². The molecule has 32 heavy (non-hydrogen) atoms. The standard InChI is InChI=1S/C29H42O3/c1-5-9-11-13-17-24-19-16-22-28(26(24)20-14-12-10-6-2)32-29(30)31-27-21-15-18-23(7-3)25(27)8-4/h15-16,18-19,21-22H,5-14,17,20H2,1-4H3. The monoisotopic (exact) mass is 438 g/mol. The lowest BCUT2D eigenvalue weighted by atomic mass is 9.96. The summed E-state index contributed by atoms with van der Waals surface area (Å²) in [6, 6.07) is 12.0. The van der Waals surface area contributed by atoms with Crippen molar-refractivity contribution in [1.82, 2.24) is 0 Å². The van der Waals surface area contributed by atoms with Crippen LogP contribution in [0.5, 0.6) is 11.5 Å². The molecule has 0 aromatic heterocycles. The Morgan fingerprint density at radius 1 is 0.625 bits per heavy atom. The van der Waals surface area contributed by atoms with Gasteiger partial charge in [-0.25, -0.2) is 4.79 Å². The van der Waals surface area contributed by atoms with Crippen LogP contribution in [0.25, 0.3) is 0 Å². The van der Waals surface area contributed by atoms with E-state index in [1.165, 1.54) is 61.6 Å². The van der Waals surface area contributed by atoms with Crippen LogP contribution in [0.1, 0.15) is 101 Å². The van der Waals surface area contributed by atoms with E-state index in [-0.39, 0.29) is 0 Å². The van der Waals surface area contributed by atoms with Crippen LogP contribution in [0.4, 0.5) is 4.79 Å². The first-order valence-corrected chi connectivity index (χ1v) is 12.8. The quantitative estimate of drug-likeness (QED) is 0.168. The van der Waals surface area contributed by atoms with Crippen LogP contribution in [0.3, 0.4) is 0 Å². The second-order valence-corrected chi connectivity index (χ2v) is 8.57. The number of carbonyl (C=O) groups excluding carboxylic acids is 1. The molecule has 0 spiro atoms. The van der Waals surface area contributed by atoms with Crippen molar-refractivity contribution >= 4 is 6.16 Å². The van der Waals surface area contributed by atoms with Crippen molar-refractivity contribution < 1.29 is 14.3 Å². The smallest absolute Gasteiger partial charge is 0.394 e. The van der Waals surface area contributed by atoms with E-state index in [1.54, 1.807) is 0 Å². The average Bonchev–Trinajstić information content (AvgIpc) is 2.80. The van der Waals surface area contributed by atoms with Crippen molar-refractivity contribution in [2.45, 2.75) is 105 Å². The molecule has 2 aromatic rings. The first kappa shape index (κ1) is 26.0.